The van der Waals surface area contributed by atoms with Gasteiger partial charge in [0.15, 0.2) is 0 Å². The zero-order valence-electron chi connectivity index (χ0n) is 9.98. The third-order valence-electron chi connectivity index (χ3n) is 3.17. The Labute approximate surface area is 101 Å². The maximum absolute atomic E-state index is 12.0. The maximum atomic E-state index is 12.0. The molecule has 0 radical (unpaired) electrons. The maximum Gasteiger partial charge on any atom is 0.228 e. The molecular formula is C13H18N2O2. The van der Waals surface area contributed by atoms with Crippen molar-refractivity contribution in [3.05, 3.63) is 35.4 Å². The van der Waals surface area contributed by atoms with Gasteiger partial charge < -0.3 is 15.8 Å². The number of nitrogens with two attached hydrogens (primary N) is 1. The minimum Gasteiger partial charge on any atom is -0.383 e. The van der Waals surface area contributed by atoms with Gasteiger partial charge in [0.2, 0.25) is 5.91 Å². The molecule has 2 unspecified atom stereocenters. The van der Waals surface area contributed by atoms with Crippen molar-refractivity contribution in [1.82, 2.24) is 5.32 Å². The second kappa shape index (κ2) is 5.29. The van der Waals surface area contributed by atoms with Gasteiger partial charge in [0.1, 0.15) is 0 Å². The van der Waals surface area contributed by atoms with Gasteiger partial charge in [-0.3, -0.25) is 4.79 Å². The fourth-order valence-corrected chi connectivity index (χ4v) is 2.16. The Morgan fingerprint density at radius 2 is 2.35 bits per heavy atom. The first-order valence-electron chi connectivity index (χ1n) is 5.83. The van der Waals surface area contributed by atoms with E-state index in [0.717, 1.165) is 12.0 Å². The van der Waals surface area contributed by atoms with Crippen molar-refractivity contribution in [2.45, 2.75) is 18.4 Å². The molecule has 3 N–H and O–H groups in total. The van der Waals surface area contributed by atoms with Crippen LogP contribution >= 0.6 is 0 Å². The lowest BCUT2D eigenvalue weighted by Crippen LogP contribution is -2.46. The van der Waals surface area contributed by atoms with E-state index in [1.54, 1.807) is 7.11 Å². The number of carbonyl (C=O) groups excluding carboxylic acids is 1. The van der Waals surface area contributed by atoms with Crippen LogP contribution < -0.4 is 11.1 Å². The minimum atomic E-state index is -0.0970. The van der Waals surface area contributed by atoms with Crippen LogP contribution in [0.1, 0.15) is 17.0 Å². The minimum absolute atomic E-state index is 0.0166. The first-order chi connectivity index (χ1) is 8.26. The third-order valence-corrected chi connectivity index (χ3v) is 3.17. The number of carbonyl (C=O) groups is 1. The molecule has 1 aliphatic carbocycles. The number of benzene rings is 1. The lowest BCUT2D eigenvalue weighted by Gasteiger charge is -2.30. The average molecular weight is 234 g/mol. The van der Waals surface area contributed by atoms with Crippen LogP contribution in [-0.2, 0) is 16.0 Å². The molecule has 1 aromatic rings. The summed E-state index contributed by atoms with van der Waals surface area (Å²) in [6.07, 6.45) is 0.826. The van der Waals surface area contributed by atoms with Crippen molar-refractivity contribution < 1.29 is 9.53 Å². The van der Waals surface area contributed by atoms with Crippen LogP contribution in [0.25, 0.3) is 0 Å². The van der Waals surface area contributed by atoms with Crippen LogP contribution in [0.5, 0.6) is 0 Å². The van der Waals surface area contributed by atoms with Crippen molar-refractivity contribution in [2.75, 3.05) is 20.3 Å². The van der Waals surface area contributed by atoms with Crippen LogP contribution in [0.4, 0.5) is 0 Å². The quantitative estimate of drug-likeness (QED) is 0.776. The fraction of sp³-hybridized carbons (Fsp3) is 0.462. The van der Waals surface area contributed by atoms with Crippen molar-refractivity contribution >= 4 is 5.91 Å². The predicted octanol–water partition coefficient (Wildman–Crippen LogP) is 0.416. The standard InChI is InChI=1S/C13H18N2O2/c1-17-8-10(7-14)15-13(16)12-6-9-4-2-3-5-11(9)12/h2-5,10,12H,6-8,14H2,1H3,(H,15,16). The second-order valence-corrected chi connectivity index (χ2v) is 4.35. The molecular weight excluding hydrogens is 216 g/mol. The Kier molecular flexibility index (Phi) is 3.76. The van der Waals surface area contributed by atoms with Crippen molar-refractivity contribution in [3.8, 4) is 0 Å². The summed E-state index contributed by atoms with van der Waals surface area (Å²) in [4.78, 5) is 12.0. The molecule has 4 heteroatoms. The van der Waals surface area contributed by atoms with Crippen molar-refractivity contribution in [2.24, 2.45) is 5.73 Å². The van der Waals surface area contributed by atoms with Gasteiger partial charge in [0, 0.05) is 13.7 Å². The Hall–Kier alpha value is -1.39. The number of rotatable bonds is 5. The van der Waals surface area contributed by atoms with Crippen LogP contribution in [-0.4, -0.2) is 32.2 Å². The van der Waals surface area contributed by atoms with Gasteiger partial charge in [-0.15, -0.1) is 0 Å². The van der Waals surface area contributed by atoms with E-state index >= 15 is 0 Å². The molecule has 0 aromatic heterocycles. The van der Waals surface area contributed by atoms with Gasteiger partial charge in [-0.2, -0.15) is 0 Å². The smallest absolute Gasteiger partial charge is 0.228 e. The molecule has 0 bridgehead atoms. The Bertz CT molecular complexity index is 406. The highest BCUT2D eigenvalue weighted by Gasteiger charge is 2.32. The summed E-state index contributed by atoms with van der Waals surface area (Å²) in [6, 6.07) is 7.94. The lowest BCUT2D eigenvalue weighted by atomic mass is 9.77. The molecule has 1 aliphatic rings. The Balaban J connectivity index is 1.95. The summed E-state index contributed by atoms with van der Waals surface area (Å²) >= 11 is 0. The summed E-state index contributed by atoms with van der Waals surface area (Å²) < 4.78 is 5.00. The number of amides is 1. The SMILES string of the molecule is COCC(CN)NC(=O)C1Cc2ccccc21. The summed E-state index contributed by atoms with van der Waals surface area (Å²) in [5.41, 5.74) is 7.97. The molecule has 0 saturated heterocycles. The predicted molar refractivity (Wildman–Crippen MR) is 65.7 cm³/mol. The molecule has 1 amide bonds. The van der Waals surface area contributed by atoms with Crippen LogP contribution in [0.2, 0.25) is 0 Å². The number of nitrogens with one attached hydrogen (secondary N) is 1. The van der Waals surface area contributed by atoms with Crippen molar-refractivity contribution in [3.63, 3.8) is 0 Å². The van der Waals surface area contributed by atoms with Crippen molar-refractivity contribution in [1.29, 1.82) is 0 Å². The third kappa shape index (κ3) is 2.48. The van der Waals surface area contributed by atoms with Gasteiger partial charge in [-0.05, 0) is 17.5 Å². The fourth-order valence-electron chi connectivity index (χ4n) is 2.16. The normalized spacial score (nSPS) is 19.1. The molecule has 0 aliphatic heterocycles. The number of methoxy groups -OCH3 is 1. The molecule has 0 fully saturated rings. The van der Waals surface area contributed by atoms with E-state index in [1.165, 1.54) is 5.56 Å². The van der Waals surface area contributed by atoms with Gasteiger partial charge in [-0.25, -0.2) is 0 Å². The largest absolute Gasteiger partial charge is 0.383 e. The number of fused-ring (bicyclic) bond motifs is 1. The molecule has 17 heavy (non-hydrogen) atoms. The van der Waals surface area contributed by atoms with E-state index in [-0.39, 0.29) is 17.9 Å². The van der Waals surface area contributed by atoms with E-state index in [0.29, 0.717) is 13.2 Å². The van der Waals surface area contributed by atoms with Crippen LogP contribution in [0, 0.1) is 0 Å². The highest BCUT2D eigenvalue weighted by atomic mass is 16.5. The second-order valence-electron chi connectivity index (χ2n) is 4.35. The molecule has 1 aromatic carbocycles. The molecule has 92 valence electrons. The van der Waals surface area contributed by atoms with E-state index in [4.69, 9.17) is 10.5 Å². The topological polar surface area (TPSA) is 64.3 Å². The molecule has 2 atom stereocenters. The number of ether oxygens (including phenoxy) is 1. The lowest BCUT2D eigenvalue weighted by molar-refractivity contribution is -0.124. The molecule has 2 rings (SSSR count). The molecule has 0 saturated carbocycles. The van der Waals surface area contributed by atoms with Crippen LogP contribution in [0.3, 0.4) is 0 Å². The zero-order valence-corrected chi connectivity index (χ0v) is 9.98. The van der Waals surface area contributed by atoms with Crippen LogP contribution in [0.15, 0.2) is 24.3 Å². The zero-order chi connectivity index (χ0) is 12.3. The van der Waals surface area contributed by atoms with E-state index < -0.39 is 0 Å². The summed E-state index contributed by atoms with van der Waals surface area (Å²) in [7, 11) is 1.60. The van der Waals surface area contributed by atoms with E-state index in [2.05, 4.69) is 11.4 Å². The van der Waals surface area contributed by atoms with E-state index in [1.807, 2.05) is 18.2 Å². The van der Waals surface area contributed by atoms with Gasteiger partial charge in [0.05, 0.1) is 18.6 Å². The Morgan fingerprint density at radius 3 is 3.00 bits per heavy atom. The molecule has 4 nitrogen and oxygen atoms in total. The van der Waals surface area contributed by atoms with Gasteiger partial charge in [0.25, 0.3) is 0 Å². The molecule has 0 spiro atoms. The Morgan fingerprint density at radius 1 is 1.59 bits per heavy atom. The first-order valence-corrected chi connectivity index (χ1v) is 5.83. The summed E-state index contributed by atoms with van der Waals surface area (Å²) in [5, 5.41) is 2.92. The summed E-state index contributed by atoms with van der Waals surface area (Å²) in [5.74, 6) is 0.0355. The average Bonchev–Trinajstić information content (AvgIpc) is 2.30. The number of hydrogen-bond donors (Lipinski definition) is 2. The first kappa shape index (κ1) is 12.1. The monoisotopic (exact) mass is 234 g/mol. The van der Waals surface area contributed by atoms with Gasteiger partial charge >= 0.3 is 0 Å². The van der Waals surface area contributed by atoms with Gasteiger partial charge in [-0.1, -0.05) is 24.3 Å². The molecule has 0 heterocycles. The highest BCUT2D eigenvalue weighted by molar-refractivity contribution is 5.87. The highest BCUT2D eigenvalue weighted by Crippen LogP contribution is 2.34. The van der Waals surface area contributed by atoms with E-state index in [9.17, 15) is 4.79 Å². The number of hydrogen-bond acceptors (Lipinski definition) is 3. The summed E-state index contributed by atoms with van der Waals surface area (Å²) in [6.45, 7) is 0.852.